The van der Waals surface area contributed by atoms with Gasteiger partial charge in [-0.05, 0) is 51.4 Å². The molecule has 3 rings (SSSR count). The number of methoxy groups -OCH3 is 1. The molecular formula is C19H34N4O2. The maximum atomic E-state index is 11.7. The molecule has 3 fully saturated rings. The fraction of sp³-hybridized carbons (Fsp3) is 0.895. The molecule has 142 valence electrons. The first kappa shape index (κ1) is 18.5. The Kier molecular flexibility index (Phi) is 6.57. The SMILES string of the molecule is CCNC(=NCCN(CC1CC1)C1CC1)N1CCC(C(=O)OC)CC1. The van der Waals surface area contributed by atoms with E-state index in [1.807, 2.05) is 0 Å². The number of aliphatic imine (C=N–C) groups is 1. The van der Waals surface area contributed by atoms with Gasteiger partial charge in [0.25, 0.3) is 0 Å². The van der Waals surface area contributed by atoms with Crippen molar-refractivity contribution < 1.29 is 9.53 Å². The van der Waals surface area contributed by atoms with Gasteiger partial charge in [0.2, 0.25) is 0 Å². The van der Waals surface area contributed by atoms with Gasteiger partial charge in [-0.15, -0.1) is 0 Å². The number of nitrogens with one attached hydrogen (secondary N) is 1. The third-order valence-corrected chi connectivity index (χ3v) is 5.57. The highest BCUT2D eigenvalue weighted by Gasteiger charge is 2.33. The maximum Gasteiger partial charge on any atom is 0.308 e. The lowest BCUT2D eigenvalue weighted by Crippen LogP contribution is -2.47. The molecule has 1 aliphatic heterocycles. The third kappa shape index (κ3) is 5.59. The first-order chi connectivity index (χ1) is 12.2. The van der Waals surface area contributed by atoms with E-state index in [4.69, 9.17) is 9.73 Å². The third-order valence-electron chi connectivity index (χ3n) is 5.57. The molecule has 0 atom stereocenters. The molecule has 0 aromatic rings. The van der Waals surface area contributed by atoms with E-state index < -0.39 is 0 Å². The molecule has 3 aliphatic rings. The van der Waals surface area contributed by atoms with Crippen LogP contribution < -0.4 is 5.32 Å². The van der Waals surface area contributed by atoms with Gasteiger partial charge in [-0.2, -0.15) is 0 Å². The minimum absolute atomic E-state index is 0.0491. The zero-order valence-corrected chi connectivity index (χ0v) is 15.9. The zero-order valence-electron chi connectivity index (χ0n) is 15.9. The van der Waals surface area contributed by atoms with E-state index in [2.05, 4.69) is 22.0 Å². The first-order valence-corrected chi connectivity index (χ1v) is 10.1. The van der Waals surface area contributed by atoms with E-state index in [-0.39, 0.29) is 11.9 Å². The number of hydrogen-bond acceptors (Lipinski definition) is 4. The van der Waals surface area contributed by atoms with Gasteiger partial charge >= 0.3 is 5.97 Å². The normalized spacial score (nSPS) is 22.4. The number of carbonyl (C=O) groups is 1. The smallest absolute Gasteiger partial charge is 0.308 e. The fourth-order valence-electron chi connectivity index (χ4n) is 3.70. The lowest BCUT2D eigenvalue weighted by atomic mass is 9.97. The molecule has 0 unspecified atom stereocenters. The van der Waals surface area contributed by atoms with Gasteiger partial charge < -0.3 is 15.0 Å². The summed E-state index contributed by atoms with van der Waals surface area (Å²) in [6, 6.07) is 0.828. The van der Waals surface area contributed by atoms with Gasteiger partial charge in [0.1, 0.15) is 0 Å². The molecule has 2 saturated carbocycles. The summed E-state index contributed by atoms with van der Waals surface area (Å²) in [5, 5.41) is 3.42. The molecule has 1 saturated heterocycles. The summed E-state index contributed by atoms with van der Waals surface area (Å²) in [6.45, 7) is 7.96. The number of hydrogen-bond donors (Lipinski definition) is 1. The monoisotopic (exact) mass is 350 g/mol. The van der Waals surface area contributed by atoms with Crippen molar-refractivity contribution in [2.24, 2.45) is 16.8 Å². The molecule has 2 aliphatic carbocycles. The summed E-state index contributed by atoms with van der Waals surface area (Å²) in [5.41, 5.74) is 0. The average molecular weight is 351 g/mol. The summed E-state index contributed by atoms with van der Waals surface area (Å²) in [6.07, 6.45) is 7.30. The van der Waals surface area contributed by atoms with Crippen molar-refractivity contribution in [2.45, 2.75) is 51.5 Å². The van der Waals surface area contributed by atoms with E-state index in [0.29, 0.717) is 0 Å². The van der Waals surface area contributed by atoms with Crippen LogP contribution in [0.1, 0.15) is 45.4 Å². The number of rotatable bonds is 8. The van der Waals surface area contributed by atoms with Crippen molar-refractivity contribution in [3.8, 4) is 0 Å². The number of ether oxygens (including phenoxy) is 1. The minimum Gasteiger partial charge on any atom is -0.469 e. The van der Waals surface area contributed by atoms with E-state index in [1.54, 1.807) is 0 Å². The summed E-state index contributed by atoms with van der Waals surface area (Å²) in [4.78, 5) is 21.5. The molecule has 1 heterocycles. The molecule has 0 amide bonds. The Hall–Kier alpha value is -1.30. The van der Waals surface area contributed by atoms with Crippen LogP contribution in [0.3, 0.4) is 0 Å². The maximum absolute atomic E-state index is 11.7. The lowest BCUT2D eigenvalue weighted by Gasteiger charge is -2.33. The van der Waals surface area contributed by atoms with Gasteiger partial charge in [0.05, 0.1) is 19.6 Å². The van der Waals surface area contributed by atoms with Crippen LogP contribution in [0.2, 0.25) is 0 Å². The molecule has 6 heteroatoms. The van der Waals surface area contributed by atoms with Gasteiger partial charge in [0.15, 0.2) is 5.96 Å². The minimum atomic E-state index is -0.0678. The molecule has 0 aromatic carbocycles. The second kappa shape index (κ2) is 8.88. The number of likely N-dealkylation sites (tertiary alicyclic amines) is 1. The molecular weight excluding hydrogens is 316 g/mol. The van der Waals surface area contributed by atoms with Gasteiger partial charge in [-0.1, -0.05) is 0 Å². The molecule has 1 N–H and O–H groups in total. The van der Waals surface area contributed by atoms with Crippen LogP contribution in [0.5, 0.6) is 0 Å². The molecule has 0 radical (unpaired) electrons. The number of nitrogens with zero attached hydrogens (tertiary/aromatic N) is 3. The van der Waals surface area contributed by atoms with E-state index in [9.17, 15) is 4.79 Å². The first-order valence-electron chi connectivity index (χ1n) is 10.1. The highest BCUT2D eigenvalue weighted by Crippen LogP contribution is 2.34. The fourth-order valence-corrected chi connectivity index (χ4v) is 3.70. The highest BCUT2D eigenvalue weighted by molar-refractivity contribution is 5.80. The second-order valence-electron chi connectivity index (χ2n) is 7.69. The van der Waals surface area contributed by atoms with Crippen molar-refractivity contribution >= 4 is 11.9 Å². The number of piperidine rings is 1. The van der Waals surface area contributed by atoms with Crippen LogP contribution in [0.15, 0.2) is 4.99 Å². The summed E-state index contributed by atoms with van der Waals surface area (Å²) >= 11 is 0. The quantitative estimate of drug-likeness (QED) is 0.410. The second-order valence-corrected chi connectivity index (χ2v) is 7.69. The predicted molar refractivity (Wildman–Crippen MR) is 99.6 cm³/mol. The van der Waals surface area contributed by atoms with Crippen LogP contribution in [-0.2, 0) is 9.53 Å². The Morgan fingerprint density at radius 1 is 1.20 bits per heavy atom. The molecule has 0 bridgehead atoms. The van der Waals surface area contributed by atoms with E-state index in [0.717, 1.165) is 63.5 Å². The Labute approximate surface area is 152 Å². The lowest BCUT2D eigenvalue weighted by molar-refractivity contribution is -0.146. The van der Waals surface area contributed by atoms with Crippen molar-refractivity contribution in [2.75, 3.05) is 46.4 Å². The van der Waals surface area contributed by atoms with Gasteiger partial charge in [0, 0.05) is 38.8 Å². The number of esters is 1. The Morgan fingerprint density at radius 3 is 2.48 bits per heavy atom. The summed E-state index contributed by atoms with van der Waals surface area (Å²) in [7, 11) is 1.48. The van der Waals surface area contributed by atoms with Crippen molar-refractivity contribution in [3.05, 3.63) is 0 Å². The average Bonchev–Trinajstić information content (AvgIpc) is 3.53. The molecule has 6 nitrogen and oxygen atoms in total. The largest absolute Gasteiger partial charge is 0.469 e. The van der Waals surface area contributed by atoms with Crippen LogP contribution >= 0.6 is 0 Å². The van der Waals surface area contributed by atoms with Gasteiger partial charge in [-0.25, -0.2) is 0 Å². The summed E-state index contributed by atoms with van der Waals surface area (Å²) in [5.74, 6) is 1.94. The Bertz CT molecular complexity index is 466. The molecule has 25 heavy (non-hydrogen) atoms. The van der Waals surface area contributed by atoms with Crippen molar-refractivity contribution in [1.29, 1.82) is 0 Å². The molecule has 0 spiro atoms. The topological polar surface area (TPSA) is 57.2 Å². The van der Waals surface area contributed by atoms with Crippen LogP contribution in [-0.4, -0.2) is 74.1 Å². The highest BCUT2D eigenvalue weighted by atomic mass is 16.5. The van der Waals surface area contributed by atoms with Crippen LogP contribution in [0, 0.1) is 11.8 Å². The van der Waals surface area contributed by atoms with E-state index in [1.165, 1.54) is 39.3 Å². The van der Waals surface area contributed by atoms with Crippen molar-refractivity contribution in [3.63, 3.8) is 0 Å². The summed E-state index contributed by atoms with van der Waals surface area (Å²) < 4.78 is 4.88. The zero-order chi connectivity index (χ0) is 17.6. The van der Waals surface area contributed by atoms with Crippen molar-refractivity contribution in [1.82, 2.24) is 15.1 Å². The van der Waals surface area contributed by atoms with Crippen LogP contribution in [0.4, 0.5) is 0 Å². The number of carbonyl (C=O) groups excluding carboxylic acids is 1. The predicted octanol–water partition coefficient (Wildman–Crippen LogP) is 1.71. The standard InChI is InChI=1S/C19H34N4O2/c1-3-20-19(22-11-8-16(9-12-22)18(24)25-2)21-10-13-23(17-6-7-17)14-15-4-5-15/h15-17H,3-14H2,1-2H3,(H,20,21). The Morgan fingerprint density at radius 2 is 1.92 bits per heavy atom. The van der Waals surface area contributed by atoms with E-state index >= 15 is 0 Å². The van der Waals surface area contributed by atoms with Crippen LogP contribution in [0.25, 0.3) is 0 Å². The Balaban J connectivity index is 1.48. The van der Waals surface area contributed by atoms with Gasteiger partial charge in [-0.3, -0.25) is 14.7 Å². The number of guanidine groups is 1. The molecule has 0 aromatic heterocycles.